The van der Waals surface area contributed by atoms with Gasteiger partial charge in [-0.25, -0.2) is 0 Å². The summed E-state index contributed by atoms with van der Waals surface area (Å²) < 4.78 is 0. The second-order valence-corrected chi connectivity index (χ2v) is 5.23. The Labute approximate surface area is 182 Å². The maximum absolute atomic E-state index is 11.6. The predicted molar refractivity (Wildman–Crippen MR) is 86.0 cm³/mol. The number of unbranched alkanes of at least 4 members (excludes halogenated alkanes) is 3. The van der Waals surface area contributed by atoms with E-state index in [4.69, 9.17) is 10.2 Å². The van der Waals surface area contributed by atoms with Crippen LogP contribution in [0.15, 0.2) is 17.6 Å². The molecule has 0 radical (unpaired) electrons. The SMILES string of the molecule is C=CCCCCCC([O-])=NCCN(CCCO)CCC(=O)O.[K+]. The first-order valence-corrected chi connectivity index (χ1v) is 7.96. The summed E-state index contributed by atoms with van der Waals surface area (Å²) in [5.74, 6) is -0.930. The summed E-state index contributed by atoms with van der Waals surface area (Å²) in [6.07, 6.45) is 6.90. The summed E-state index contributed by atoms with van der Waals surface area (Å²) in [5, 5.41) is 29.1. The smallest absolute Gasteiger partial charge is 0.862 e. The van der Waals surface area contributed by atoms with Crippen LogP contribution in [0.3, 0.4) is 0 Å². The Kier molecular flexibility index (Phi) is 20.6. The molecule has 7 heteroatoms. The van der Waals surface area contributed by atoms with E-state index in [2.05, 4.69) is 11.6 Å². The number of carboxylic acids is 1. The van der Waals surface area contributed by atoms with Crippen LogP contribution in [0, 0.1) is 0 Å². The molecule has 0 aliphatic rings. The Morgan fingerprint density at radius 2 is 1.87 bits per heavy atom. The van der Waals surface area contributed by atoms with Gasteiger partial charge in [0.25, 0.3) is 0 Å². The number of rotatable bonds is 15. The van der Waals surface area contributed by atoms with Crippen molar-refractivity contribution >= 4 is 11.9 Å². The Balaban J connectivity index is 0. The number of aliphatic carboxylic acids is 1. The molecule has 0 aliphatic carbocycles. The van der Waals surface area contributed by atoms with Gasteiger partial charge in [0.1, 0.15) is 0 Å². The number of carbonyl (C=O) groups is 1. The fourth-order valence-corrected chi connectivity index (χ4v) is 2.02. The van der Waals surface area contributed by atoms with Gasteiger partial charge in [0.05, 0.1) is 13.0 Å². The van der Waals surface area contributed by atoms with Crippen LogP contribution in [0.25, 0.3) is 0 Å². The molecule has 0 spiro atoms. The number of aliphatic hydroxyl groups is 1. The van der Waals surface area contributed by atoms with Crippen molar-refractivity contribution in [2.24, 2.45) is 4.99 Å². The number of hydrogen-bond donors (Lipinski definition) is 2. The average Bonchev–Trinajstić information content (AvgIpc) is 2.49. The molecular formula is C16H29KN2O4. The normalized spacial score (nSPS) is 11.3. The van der Waals surface area contributed by atoms with E-state index in [-0.39, 0.29) is 70.3 Å². The number of hydrogen-bond acceptors (Lipinski definition) is 5. The molecule has 0 aromatic carbocycles. The molecular weight excluding hydrogens is 323 g/mol. The zero-order valence-electron chi connectivity index (χ0n) is 14.4. The van der Waals surface area contributed by atoms with Gasteiger partial charge in [-0.3, -0.25) is 4.79 Å². The van der Waals surface area contributed by atoms with Crippen LogP contribution < -0.4 is 56.5 Å². The third kappa shape index (κ3) is 18.4. The molecule has 2 N–H and O–H groups in total. The summed E-state index contributed by atoms with van der Waals surface area (Å²) in [6, 6.07) is 0. The molecule has 0 bridgehead atoms. The maximum atomic E-state index is 11.6. The molecule has 0 heterocycles. The first-order chi connectivity index (χ1) is 10.6. The van der Waals surface area contributed by atoms with Crippen LogP contribution in [-0.4, -0.2) is 59.8 Å². The fourth-order valence-electron chi connectivity index (χ4n) is 2.02. The number of nitrogens with zero attached hydrogens (tertiary/aromatic N) is 2. The van der Waals surface area contributed by atoms with Crippen molar-refractivity contribution < 1.29 is 71.5 Å². The van der Waals surface area contributed by atoms with E-state index in [9.17, 15) is 9.90 Å². The van der Waals surface area contributed by atoms with Gasteiger partial charge in [0.2, 0.25) is 0 Å². The molecule has 0 saturated heterocycles. The minimum absolute atomic E-state index is 0. The van der Waals surface area contributed by atoms with Gasteiger partial charge in [0, 0.05) is 26.2 Å². The van der Waals surface area contributed by atoms with Gasteiger partial charge in [-0.15, -0.1) is 6.58 Å². The van der Waals surface area contributed by atoms with E-state index in [1.807, 2.05) is 11.0 Å². The summed E-state index contributed by atoms with van der Waals surface area (Å²) in [6.45, 7) is 5.70. The Bertz CT molecular complexity index is 338. The standard InChI is InChI=1S/C16H30N2O4.K/c1-2-3-4-5-6-8-15(20)17-10-13-18(11-7-14-19)12-9-16(21)22;/h2,19H,1,3-14H2,(H,17,20)(H,21,22);/q;+1/p-1. The molecule has 0 rings (SSSR count). The Morgan fingerprint density at radius 1 is 1.13 bits per heavy atom. The Hall–Kier alpha value is 0.236. The minimum atomic E-state index is -0.846. The van der Waals surface area contributed by atoms with Crippen molar-refractivity contribution in [3.05, 3.63) is 12.7 Å². The van der Waals surface area contributed by atoms with Gasteiger partial charge in [-0.2, -0.15) is 0 Å². The molecule has 6 nitrogen and oxygen atoms in total. The van der Waals surface area contributed by atoms with Gasteiger partial charge in [-0.05, 0) is 38.0 Å². The molecule has 0 aromatic heterocycles. The van der Waals surface area contributed by atoms with E-state index in [1.165, 1.54) is 0 Å². The molecule has 0 saturated carbocycles. The second kappa shape index (κ2) is 18.6. The molecule has 0 fully saturated rings. The van der Waals surface area contributed by atoms with E-state index in [0.29, 0.717) is 39.0 Å². The monoisotopic (exact) mass is 352 g/mol. The van der Waals surface area contributed by atoms with Gasteiger partial charge < -0.3 is 25.2 Å². The molecule has 0 unspecified atom stereocenters. The van der Waals surface area contributed by atoms with Crippen LogP contribution in [0.2, 0.25) is 0 Å². The van der Waals surface area contributed by atoms with Crippen LogP contribution >= 0.6 is 0 Å². The van der Waals surface area contributed by atoms with Crippen molar-refractivity contribution in [2.45, 2.75) is 44.9 Å². The quantitative estimate of drug-likeness (QED) is 0.117. The zero-order valence-corrected chi connectivity index (χ0v) is 17.5. The van der Waals surface area contributed by atoms with Crippen LogP contribution in [-0.2, 0) is 4.79 Å². The van der Waals surface area contributed by atoms with Crippen molar-refractivity contribution in [3.63, 3.8) is 0 Å². The van der Waals surface area contributed by atoms with E-state index in [0.717, 1.165) is 25.7 Å². The fraction of sp³-hybridized carbons (Fsp3) is 0.750. The molecule has 23 heavy (non-hydrogen) atoms. The van der Waals surface area contributed by atoms with Gasteiger partial charge >= 0.3 is 57.4 Å². The Morgan fingerprint density at radius 3 is 2.48 bits per heavy atom. The maximum Gasteiger partial charge on any atom is 1.00 e. The second-order valence-electron chi connectivity index (χ2n) is 5.23. The summed E-state index contributed by atoms with van der Waals surface area (Å²) in [7, 11) is 0. The van der Waals surface area contributed by atoms with E-state index >= 15 is 0 Å². The predicted octanol–water partition coefficient (Wildman–Crippen LogP) is -1.96. The molecule has 128 valence electrons. The van der Waals surface area contributed by atoms with Crippen molar-refractivity contribution in [1.82, 2.24) is 4.90 Å². The first kappa shape index (κ1) is 25.5. The first-order valence-electron chi connectivity index (χ1n) is 7.96. The van der Waals surface area contributed by atoms with Crippen LogP contribution in [0.5, 0.6) is 0 Å². The van der Waals surface area contributed by atoms with Crippen LogP contribution in [0.4, 0.5) is 0 Å². The summed E-state index contributed by atoms with van der Waals surface area (Å²) in [5.41, 5.74) is 0. The van der Waals surface area contributed by atoms with Crippen molar-refractivity contribution in [1.29, 1.82) is 0 Å². The molecule has 0 atom stereocenters. The largest absolute Gasteiger partial charge is 1.00 e. The third-order valence-corrected chi connectivity index (χ3v) is 3.28. The molecule has 0 aromatic rings. The van der Waals surface area contributed by atoms with Gasteiger partial charge in [-0.1, -0.05) is 12.5 Å². The van der Waals surface area contributed by atoms with E-state index < -0.39 is 5.97 Å². The van der Waals surface area contributed by atoms with Crippen LogP contribution in [0.1, 0.15) is 44.9 Å². The van der Waals surface area contributed by atoms with Crippen molar-refractivity contribution in [3.8, 4) is 0 Å². The summed E-state index contributed by atoms with van der Waals surface area (Å²) in [4.78, 5) is 16.5. The van der Waals surface area contributed by atoms with Crippen molar-refractivity contribution in [2.75, 3.05) is 32.8 Å². The number of carboxylic acid groups (broad SMARTS) is 1. The summed E-state index contributed by atoms with van der Waals surface area (Å²) >= 11 is 0. The number of allylic oxidation sites excluding steroid dienone is 1. The number of aliphatic imine (C=N–C) groups is 1. The zero-order chi connectivity index (χ0) is 16.6. The average molecular weight is 353 g/mol. The van der Waals surface area contributed by atoms with Gasteiger partial charge in [0.15, 0.2) is 0 Å². The minimum Gasteiger partial charge on any atom is -0.862 e. The topological polar surface area (TPSA) is 96.2 Å². The van der Waals surface area contributed by atoms with E-state index in [1.54, 1.807) is 0 Å². The number of aliphatic hydroxyl groups excluding tert-OH is 1. The molecule has 0 aliphatic heterocycles. The molecule has 0 amide bonds. The third-order valence-electron chi connectivity index (χ3n) is 3.28.